The Kier molecular flexibility index (Phi) is 7.70. The molecule has 212 valence electrons. The van der Waals surface area contributed by atoms with E-state index in [1.54, 1.807) is 31.3 Å². The maximum Gasteiger partial charge on any atom is 0.273 e. The maximum absolute atomic E-state index is 12.8. The van der Waals surface area contributed by atoms with Gasteiger partial charge in [0.1, 0.15) is 5.69 Å². The number of aryl methyl sites for hydroxylation is 1. The first kappa shape index (κ1) is 24.5. The van der Waals surface area contributed by atoms with Gasteiger partial charge in [0.05, 0.1) is 24.2 Å². The first-order valence-corrected chi connectivity index (χ1v) is 12.8. The van der Waals surface area contributed by atoms with Gasteiger partial charge in [-0.3, -0.25) is 19.1 Å². The first-order chi connectivity index (χ1) is 20.4. The van der Waals surface area contributed by atoms with Crippen LogP contribution in [-0.2, 0) is 11.8 Å². The number of aromatic nitrogens is 4. The molecule has 3 amide bonds. The van der Waals surface area contributed by atoms with Crippen LogP contribution >= 0.6 is 0 Å². The van der Waals surface area contributed by atoms with Crippen molar-refractivity contribution in [3.05, 3.63) is 41.7 Å². The van der Waals surface area contributed by atoms with E-state index >= 15 is 0 Å². The van der Waals surface area contributed by atoms with Gasteiger partial charge in [0, 0.05) is 42.2 Å². The van der Waals surface area contributed by atoms with Gasteiger partial charge in [-0.05, 0) is 58.1 Å². The summed E-state index contributed by atoms with van der Waals surface area (Å²) in [5.74, 6) is -1.14. The van der Waals surface area contributed by atoms with Gasteiger partial charge in [-0.1, -0.05) is 6.07 Å². The van der Waals surface area contributed by atoms with Gasteiger partial charge in [0.25, 0.3) is 11.8 Å². The van der Waals surface area contributed by atoms with E-state index < -0.39 is 12.9 Å². The van der Waals surface area contributed by atoms with Crippen molar-refractivity contribution in [3.8, 4) is 17.0 Å². The Morgan fingerprint density at radius 1 is 1.15 bits per heavy atom. The lowest BCUT2D eigenvalue weighted by Crippen LogP contribution is -2.28. The number of anilines is 3. The Morgan fingerprint density at radius 2 is 1.95 bits per heavy atom. The highest BCUT2D eigenvalue weighted by Gasteiger charge is 2.30. The van der Waals surface area contributed by atoms with E-state index in [0.29, 0.717) is 34.9 Å². The summed E-state index contributed by atoms with van der Waals surface area (Å²) in [5, 5.41) is 22.9. The van der Waals surface area contributed by atoms with Crippen LogP contribution in [0.2, 0.25) is 0 Å². The third-order valence-corrected chi connectivity index (χ3v) is 6.27. The number of hydrogen-bond acceptors (Lipinski definition) is 9. The van der Waals surface area contributed by atoms with Crippen molar-refractivity contribution in [1.29, 1.82) is 0 Å². The van der Waals surface area contributed by atoms with E-state index in [4.69, 9.17) is 8.85 Å². The lowest BCUT2D eigenvalue weighted by atomic mass is 10.1. The first-order valence-electron chi connectivity index (χ1n) is 14.3. The molecule has 13 nitrogen and oxygen atoms in total. The molecule has 0 unspecified atom stereocenters. The molecule has 4 N–H and O–H groups in total. The molecule has 4 rings (SSSR count). The molecule has 2 heterocycles. The highest BCUT2D eigenvalue weighted by atomic mass is 16.5. The Balaban J connectivity index is 1.64. The summed E-state index contributed by atoms with van der Waals surface area (Å²) >= 11 is 0. The molecule has 3 aromatic rings. The highest BCUT2D eigenvalue weighted by Crippen LogP contribution is 2.38. The Hall–Kier alpha value is -4.52. The van der Waals surface area contributed by atoms with Crippen molar-refractivity contribution in [3.63, 3.8) is 0 Å². The van der Waals surface area contributed by atoms with Gasteiger partial charge in [-0.25, -0.2) is 0 Å². The van der Waals surface area contributed by atoms with Gasteiger partial charge < -0.3 is 30.9 Å². The zero-order valence-corrected chi connectivity index (χ0v) is 22.9. The van der Waals surface area contributed by atoms with Gasteiger partial charge in [0.15, 0.2) is 17.3 Å². The Labute approximate surface area is 236 Å². The van der Waals surface area contributed by atoms with Gasteiger partial charge in [-0.2, -0.15) is 5.10 Å². The average Bonchev–Trinajstić information content (AvgIpc) is 3.71. The number of para-hydroxylation sites is 1. The van der Waals surface area contributed by atoms with E-state index in [1.165, 1.54) is 17.9 Å². The lowest BCUT2D eigenvalue weighted by Gasteiger charge is -2.16. The molecule has 13 heteroatoms. The molecule has 0 spiro atoms. The molecular formula is C27H35N9O4. The minimum absolute atomic E-state index is 0.0807. The van der Waals surface area contributed by atoms with Gasteiger partial charge in [0.2, 0.25) is 5.91 Å². The van der Waals surface area contributed by atoms with Crippen LogP contribution in [0.1, 0.15) is 44.4 Å². The Morgan fingerprint density at radius 3 is 2.65 bits per heavy atom. The average molecular weight is 553 g/mol. The Bertz CT molecular complexity index is 1500. The molecule has 0 bridgehead atoms. The fourth-order valence-corrected chi connectivity index (χ4v) is 4.05. The molecular weight excluding hydrogens is 514 g/mol. The largest absolute Gasteiger partial charge is 0.494 e. The molecule has 1 aliphatic carbocycles. The second-order valence-electron chi connectivity index (χ2n) is 9.67. The maximum atomic E-state index is 12.8. The van der Waals surface area contributed by atoms with E-state index in [2.05, 4.69) is 31.2 Å². The van der Waals surface area contributed by atoms with Crippen molar-refractivity contribution in [2.75, 3.05) is 51.9 Å². The summed E-state index contributed by atoms with van der Waals surface area (Å²) < 4.78 is 29.4. The molecule has 0 aliphatic heterocycles. The monoisotopic (exact) mass is 552 g/mol. The summed E-state index contributed by atoms with van der Waals surface area (Å²) in [6, 6.07) is 8.21. The standard InChI is InChI=1S/C27H35N9O4/c1-28-27(39)23-20(15-22(32-33-23)31-25(37)16-10-11-16)30-18-9-6-8-17(24(18)40-5)19-14-21(36(4)34-19)26(38)29-12-7-13-35(2)3/h6,8-9,14-16H,7,10-13H2,1-5H3,(H,28,39)(H,29,38)(H2,30,31,32,37)/i1D3. The van der Waals surface area contributed by atoms with Crippen molar-refractivity contribution in [1.82, 2.24) is 35.5 Å². The second kappa shape index (κ2) is 12.6. The second-order valence-corrected chi connectivity index (χ2v) is 9.67. The van der Waals surface area contributed by atoms with Crippen LogP contribution in [-0.4, -0.2) is 83.9 Å². The van der Waals surface area contributed by atoms with E-state index in [-0.39, 0.29) is 34.9 Å². The smallest absolute Gasteiger partial charge is 0.273 e. The minimum Gasteiger partial charge on any atom is -0.494 e. The number of nitrogens with one attached hydrogen (secondary N) is 4. The molecule has 0 radical (unpaired) electrons. The van der Waals surface area contributed by atoms with Crippen LogP contribution in [0.3, 0.4) is 0 Å². The summed E-state index contributed by atoms with van der Waals surface area (Å²) in [6.07, 6.45) is 2.36. The summed E-state index contributed by atoms with van der Waals surface area (Å²) in [4.78, 5) is 40.0. The van der Waals surface area contributed by atoms with Crippen LogP contribution in [0.15, 0.2) is 30.3 Å². The molecule has 1 aliphatic rings. The number of carbonyl (C=O) groups excluding carboxylic acids is 3. The van der Waals surface area contributed by atoms with Crippen LogP contribution in [0, 0.1) is 5.92 Å². The zero-order valence-electron chi connectivity index (χ0n) is 25.9. The summed E-state index contributed by atoms with van der Waals surface area (Å²) in [7, 11) is 7.06. The number of methoxy groups -OCH3 is 1. The van der Waals surface area contributed by atoms with Crippen molar-refractivity contribution >= 4 is 34.9 Å². The number of nitrogens with zero attached hydrogens (tertiary/aromatic N) is 5. The number of amides is 3. The lowest BCUT2D eigenvalue weighted by molar-refractivity contribution is -0.117. The molecule has 1 aromatic carbocycles. The van der Waals surface area contributed by atoms with Crippen LogP contribution < -0.4 is 26.0 Å². The van der Waals surface area contributed by atoms with Crippen molar-refractivity contribution in [2.45, 2.75) is 19.3 Å². The zero-order chi connectivity index (χ0) is 31.3. The molecule has 1 fully saturated rings. The molecule has 2 aromatic heterocycles. The number of benzene rings is 1. The molecule has 0 atom stereocenters. The van der Waals surface area contributed by atoms with Crippen LogP contribution in [0.25, 0.3) is 11.3 Å². The van der Waals surface area contributed by atoms with Crippen molar-refractivity contribution < 1.29 is 23.2 Å². The number of ether oxygens (including phenoxy) is 1. The number of carbonyl (C=O) groups is 3. The van der Waals surface area contributed by atoms with E-state index in [1.807, 2.05) is 24.3 Å². The number of hydrogen-bond donors (Lipinski definition) is 4. The fraction of sp³-hybridized carbons (Fsp3) is 0.407. The predicted octanol–water partition coefficient (Wildman–Crippen LogP) is 2.02. The number of rotatable bonds is 12. The van der Waals surface area contributed by atoms with Crippen LogP contribution in [0.4, 0.5) is 17.2 Å². The summed E-state index contributed by atoms with van der Waals surface area (Å²) in [5.41, 5.74) is 1.53. The quantitative estimate of drug-likeness (QED) is 0.247. The normalized spacial score (nSPS) is 14.1. The SMILES string of the molecule is [2H]C([2H])([2H])NC(=O)c1nnc(NC(=O)C2CC2)cc1Nc1cccc(-c2cc(C(=O)NCCCN(C)C)n(C)n2)c1OC. The summed E-state index contributed by atoms with van der Waals surface area (Å²) in [6.45, 7) is -1.41. The molecule has 1 saturated carbocycles. The van der Waals surface area contributed by atoms with Gasteiger partial charge in [-0.15, -0.1) is 10.2 Å². The topological polar surface area (TPSA) is 155 Å². The van der Waals surface area contributed by atoms with Crippen molar-refractivity contribution in [2.24, 2.45) is 13.0 Å². The molecule has 0 saturated heterocycles. The van der Waals surface area contributed by atoms with Crippen LogP contribution in [0.5, 0.6) is 5.75 Å². The fourth-order valence-electron chi connectivity index (χ4n) is 4.05. The van der Waals surface area contributed by atoms with Gasteiger partial charge >= 0.3 is 0 Å². The highest BCUT2D eigenvalue weighted by molar-refractivity contribution is 6.00. The molecule has 40 heavy (non-hydrogen) atoms. The third-order valence-electron chi connectivity index (χ3n) is 6.27. The minimum atomic E-state index is -2.76. The third kappa shape index (κ3) is 6.72. The predicted molar refractivity (Wildman–Crippen MR) is 151 cm³/mol. The van der Waals surface area contributed by atoms with E-state index in [9.17, 15) is 14.4 Å². The van der Waals surface area contributed by atoms with E-state index in [0.717, 1.165) is 25.8 Å².